The third-order valence-electron chi connectivity index (χ3n) is 3.26. The standard InChI is InChI=1S/C10H16/c1-6(2)8-4-9-7(3)10(9)5-8/h4,6-7,9-10H,5H2,1-3H3/t7-,9+,10-/m0/s1. The molecule has 0 bridgehead atoms. The maximum absolute atomic E-state index is 2.53. The molecule has 10 heavy (non-hydrogen) atoms. The van der Waals surface area contributed by atoms with Gasteiger partial charge >= 0.3 is 0 Å². The molecule has 0 aromatic carbocycles. The van der Waals surface area contributed by atoms with E-state index in [0.29, 0.717) is 0 Å². The van der Waals surface area contributed by atoms with Crippen LogP contribution in [0.3, 0.4) is 0 Å². The highest BCUT2D eigenvalue weighted by atomic mass is 14.5. The fraction of sp³-hybridized carbons (Fsp3) is 0.800. The summed E-state index contributed by atoms with van der Waals surface area (Å²) in [6.07, 6.45) is 3.93. The predicted molar refractivity (Wildman–Crippen MR) is 43.7 cm³/mol. The van der Waals surface area contributed by atoms with Gasteiger partial charge in [-0.1, -0.05) is 32.4 Å². The fourth-order valence-corrected chi connectivity index (χ4v) is 2.19. The maximum Gasteiger partial charge on any atom is -0.0168 e. The summed E-state index contributed by atoms with van der Waals surface area (Å²) in [5.41, 5.74) is 1.72. The van der Waals surface area contributed by atoms with Crippen LogP contribution in [-0.4, -0.2) is 0 Å². The van der Waals surface area contributed by atoms with Gasteiger partial charge in [0.2, 0.25) is 0 Å². The van der Waals surface area contributed by atoms with Crippen LogP contribution in [0.2, 0.25) is 0 Å². The molecule has 2 aliphatic carbocycles. The van der Waals surface area contributed by atoms with Gasteiger partial charge in [-0.25, -0.2) is 0 Å². The first-order chi connectivity index (χ1) is 4.70. The number of hydrogen-bond donors (Lipinski definition) is 0. The highest BCUT2D eigenvalue weighted by molar-refractivity contribution is 5.24. The second-order valence-corrected chi connectivity index (χ2v) is 4.20. The molecule has 56 valence electrons. The van der Waals surface area contributed by atoms with Crippen molar-refractivity contribution in [2.24, 2.45) is 23.7 Å². The Balaban J connectivity index is 2.05. The number of fused-ring (bicyclic) bond motifs is 1. The Hall–Kier alpha value is -0.260. The van der Waals surface area contributed by atoms with E-state index in [2.05, 4.69) is 26.8 Å². The van der Waals surface area contributed by atoms with E-state index in [9.17, 15) is 0 Å². The summed E-state index contributed by atoms with van der Waals surface area (Å²) in [7, 11) is 0. The number of allylic oxidation sites excluding steroid dienone is 2. The van der Waals surface area contributed by atoms with Crippen LogP contribution in [0.5, 0.6) is 0 Å². The normalized spacial score (nSPS) is 43.6. The summed E-state index contributed by atoms with van der Waals surface area (Å²) >= 11 is 0. The van der Waals surface area contributed by atoms with Crippen LogP contribution in [-0.2, 0) is 0 Å². The van der Waals surface area contributed by atoms with E-state index in [1.165, 1.54) is 6.42 Å². The summed E-state index contributed by atoms with van der Waals surface area (Å²) in [5, 5.41) is 0. The minimum absolute atomic E-state index is 0.806. The van der Waals surface area contributed by atoms with Crippen LogP contribution in [0.15, 0.2) is 11.6 Å². The van der Waals surface area contributed by atoms with E-state index in [4.69, 9.17) is 0 Å². The second kappa shape index (κ2) is 1.87. The largest absolute Gasteiger partial charge is 0.0814 e. The van der Waals surface area contributed by atoms with E-state index in [1.807, 2.05) is 0 Å². The molecule has 0 heterocycles. The maximum atomic E-state index is 2.53. The van der Waals surface area contributed by atoms with Gasteiger partial charge in [0.15, 0.2) is 0 Å². The van der Waals surface area contributed by atoms with Crippen LogP contribution in [0.1, 0.15) is 27.2 Å². The third kappa shape index (κ3) is 0.744. The molecule has 0 aromatic rings. The van der Waals surface area contributed by atoms with Crippen molar-refractivity contribution >= 4 is 0 Å². The molecule has 0 N–H and O–H groups in total. The van der Waals surface area contributed by atoms with Crippen LogP contribution < -0.4 is 0 Å². The molecule has 0 aromatic heterocycles. The minimum Gasteiger partial charge on any atom is -0.0814 e. The number of hydrogen-bond acceptors (Lipinski definition) is 0. The topological polar surface area (TPSA) is 0 Å². The van der Waals surface area contributed by atoms with Gasteiger partial charge in [-0.2, -0.15) is 0 Å². The van der Waals surface area contributed by atoms with E-state index in [-0.39, 0.29) is 0 Å². The summed E-state index contributed by atoms with van der Waals surface area (Å²) in [6, 6.07) is 0. The Morgan fingerprint density at radius 2 is 2.20 bits per heavy atom. The van der Waals surface area contributed by atoms with Gasteiger partial charge < -0.3 is 0 Å². The van der Waals surface area contributed by atoms with Crippen molar-refractivity contribution in [1.82, 2.24) is 0 Å². The third-order valence-corrected chi connectivity index (χ3v) is 3.26. The molecular formula is C10H16. The molecule has 0 heteroatoms. The lowest BCUT2D eigenvalue weighted by Gasteiger charge is -2.07. The Bertz CT molecular complexity index is 176. The van der Waals surface area contributed by atoms with Gasteiger partial charge in [0.25, 0.3) is 0 Å². The van der Waals surface area contributed by atoms with Crippen LogP contribution in [0.4, 0.5) is 0 Å². The van der Waals surface area contributed by atoms with Crippen LogP contribution in [0, 0.1) is 23.7 Å². The molecule has 0 radical (unpaired) electrons. The predicted octanol–water partition coefficient (Wildman–Crippen LogP) is 2.85. The molecule has 0 nitrogen and oxygen atoms in total. The summed E-state index contributed by atoms with van der Waals surface area (Å²) in [6.45, 7) is 6.99. The fourth-order valence-electron chi connectivity index (χ4n) is 2.19. The monoisotopic (exact) mass is 136 g/mol. The molecule has 0 unspecified atom stereocenters. The van der Waals surface area contributed by atoms with Gasteiger partial charge in [-0.05, 0) is 30.1 Å². The van der Waals surface area contributed by atoms with E-state index >= 15 is 0 Å². The summed E-state index contributed by atoms with van der Waals surface area (Å²) in [4.78, 5) is 0. The molecule has 3 atom stereocenters. The first kappa shape index (κ1) is 6.45. The average molecular weight is 136 g/mol. The Morgan fingerprint density at radius 1 is 1.50 bits per heavy atom. The molecule has 2 rings (SSSR count). The molecule has 0 aliphatic heterocycles. The second-order valence-electron chi connectivity index (χ2n) is 4.20. The Morgan fingerprint density at radius 3 is 2.60 bits per heavy atom. The lowest BCUT2D eigenvalue weighted by Crippen LogP contribution is -1.93. The highest BCUT2D eigenvalue weighted by Crippen LogP contribution is 2.56. The van der Waals surface area contributed by atoms with Crippen molar-refractivity contribution in [2.75, 3.05) is 0 Å². The summed E-state index contributed by atoms with van der Waals surface area (Å²) in [5.74, 6) is 3.86. The van der Waals surface area contributed by atoms with Crippen molar-refractivity contribution < 1.29 is 0 Å². The SMILES string of the molecule is CC(C)C1=C[C@@H]2[C@H](C)[C@@H]2C1. The van der Waals surface area contributed by atoms with E-state index < -0.39 is 0 Å². The van der Waals surface area contributed by atoms with Crippen LogP contribution in [0.25, 0.3) is 0 Å². The first-order valence-electron chi connectivity index (χ1n) is 4.40. The van der Waals surface area contributed by atoms with Crippen molar-refractivity contribution in [2.45, 2.75) is 27.2 Å². The molecule has 2 aliphatic rings. The lowest BCUT2D eigenvalue weighted by molar-refractivity contribution is 0.658. The van der Waals surface area contributed by atoms with Crippen molar-refractivity contribution in [3.8, 4) is 0 Å². The molecule has 0 amide bonds. The molecular weight excluding hydrogens is 120 g/mol. The van der Waals surface area contributed by atoms with Gasteiger partial charge in [0.05, 0.1) is 0 Å². The molecule has 0 saturated heterocycles. The summed E-state index contributed by atoms with van der Waals surface area (Å²) < 4.78 is 0. The molecule has 1 saturated carbocycles. The van der Waals surface area contributed by atoms with Crippen molar-refractivity contribution in [1.29, 1.82) is 0 Å². The zero-order valence-electron chi connectivity index (χ0n) is 7.09. The zero-order chi connectivity index (χ0) is 7.30. The first-order valence-corrected chi connectivity index (χ1v) is 4.40. The quantitative estimate of drug-likeness (QED) is 0.486. The van der Waals surface area contributed by atoms with Gasteiger partial charge in [0.1, 0.15) is 0 Å². The minimum atomic E-state index is 0.806. The van der Waals surface area contributed by atoms with E-state index in [0.717, 1.165) is 23.7 Å². The molecule has 1 fully saturated rings. The highest BCUT2D eigenvalue weighted by Gasteiger charge is 2.48. The van der Waals surface area contributed by atoms with Crippen LogP contribution >= 0.6 is 0 Å². The average Bonchev–Trinajstić information content (AvgIpc) is 2.38. The smallest absolute Gasteiger partial charge is 0.0168 e. The zero-order valence-corrected chi connectivity index (χ0v) is 7.09. The van der Waals surface area contributed by atoms with E-state index in [1.54, 1.807) is 5.57 Å². The lowest BCUT2D eigenvalue weighted by atomic mass is 9.99. The molecule has 0 spiro atoms. The van der Waals surface area contributed by atoms with Crippen molar-refractivity contribution in [3.63, 3.8) is 0 Å². The Labute approximate surface area is 63.3 Å². The van der Waals surface area contributed by atoms with Gasteiger partial charge in [0, 0.05) is 0 Å². The number of rotatable bonds is 1. The Kier molecular flexibility index (Phi) is 1.21. The van der Waals surface area contributed by atoms with Gasteiger partial charge in [-0.3, -0.25) is 0 Å². The van der Waals surface area contributed by atoms with Crippen molar-refractivity contribution in [3.05, 3.63) is 11.6 Å². The van der Waals surface area contributed by atoms with Gasteiger partial charge in [-0.15, -0.1) is 0 Å².